The van der Waals surface area contributed by atoms with E-state index in [4.69, 9.17) is 39.5 Å². The van der Waals surface area contributed by atoms with Gasteiger partial charge in [-0.15, -0.1) is 0 Å². The summed E-state index contributed by atoms with van der Waals surface area (Å²) < 4.78 is 5.46. The maximum atomic E-state index is 12.4. The molecule has 0 fully saturated rings. The lowest BCUT2D eigenvalue weighted by atomic mass is 10.1. The molecule has 0 aliphatic carbocycles. The van der Waals surface area contributed by atoms with Crippen molar-refractivity contribution < 1.29 is 9.53 Å². The highest BCUT2D eigenvalue weighted by molar-refractivity contribution is 6.43. The number of hydrogen-bond donors (Lipinski definition) is 2. The van der Waals surface area contributed by atoms with E-state index < -0.39 is 0 Å². The highest BCUT2D eigenvalue weighted by atomic mass is 35.5. The van der Waals surface area contributed by atoms with Gasteiger partial charge in [-0.05, 0) is 18.2 Å². The van der Waals surface area contributed by atoms with Gasteiger partial charge in [0.2, 0.25) is 0 Å². The quantitative estimate of drug-likeness (QED) is 0.492. The van der Waals surface area contributed by atoms with Crippen LogP contribution in [0.15, 0.2) is 36.4 Å². The molecule has 2 aromatic carbocycles. The number of para-hydroxylation sites is 1. The summed E-state index contributed by atoms with van der Waals surface area (Å²) in [6.07, 6.45) is 0. The van der Waals surface area contributed by atoms with Crippen molar-refractivity contribution in [1.82, 2.24) is 15.2 Å². The van der Waals surface area contributed by atoms with Crippen LogP contribution in [-0.4, -0.2) is 27.7 Å². The number of carbonyl (C=O) groups excluding carboxylic acids is 1. The largest absolute Gasteiger partial charge is 0.482 e. The van der Waals surface area contributed by atoms with Crippen LogP contribution in [0.4, 0.5) is 5.69 Å². The maximum Gasteiger partial charge on any atom is 0.262 e. The van der Waals surface area contributed by atoms with Gasteiger partial charge in [0, 0.05) is 17.5 Å². The minimum atomic E-state index is -0.366. The fraction of sp³-hybridized carbons (Fsp3) is 0.211. The molecule has 28 heavy (non-hydrogen) atoms. The van der Waals surface area contributed by atoms with Gasteiger partial charge >= 0.3 is 0 Å². The molecule has 0 radical (unpaired) electrons. The number of benzene rings is 2. The molecule has 3 rings (SSSR count). The number of hydrogen-bond acceptors (Lipinski definition) is 4. The van der Waals surface area contributed by atoms with E-state index in [1.54, 1.807) is 6.07 Å². The number of aromatic amines is 1. The number of H-pyrrole nitrogens is 1. The molecule has 2 N–H and O–H groups in total. The van der Waals surface area contributed by atoms with Gasteiger partial charge in [-0.1, -0.05) is 60.8 Å². The standard InChI is InChI=1S/C19H17Cl3N4O2/c1-10(2)18-24-19(26-25-18)11-5-3-4-6-15(11)23-17(27)9-28-16-8-13(21)12(20)7-14(16)22/h3-8,10H,9H2,1-2H3,(H,23,27)(H,24,25,26). The second-order valence-electron chi connectivity index (χ2n) is 6.28. The van der Waals surface area contributed by atoms with Crippen molar-refractivity contribution in [2.45, 2.75) is 19.8 Å². The number of nitrogens with one attached hydrogen (secondary N) is 2. The zero-order chi connectivity index (χ0) is 20.3. The summed E-state index contributed by atoms with van der Waals surface area (Å²) in [5.41, 5.74) is 1.28. The van der Waals surface area contributed by atoms with Crippen LogP contribution < -0.4 is 10.1 Å². The van der Waals surface area contributed by atoms with Crippen molar-refractivity contribution in [2.24, 2.45) is 0 Å². The van der Waals surface area contributed by atoms with Crippen LogP contribution in [0.25, 0.3) is 11.4 Å². The summed E-state index contributed by atoms with van der Waals surface area (Å²) in [6.45, 7) is 3.78. The normalized spacial score (nSPS) is 10.9. The third-order valence-corrected chi connectivity index (χ3v) is 4.84. The van der Waals surface area contributed by atoms with E-state index in [0.717, 1.165) is 5.82 Å². The van der Waals surface area contributed by atoms with Crippen molar-refractivity contribution in [3.05, 3.63) is 57.3 Å². The summed E-state index contributed by atoms with van der Waals surface area (Å²) in [5, 5.41) is 10.8. The van der Waals surface area contributed by atoms with Gasteiger partial charge in [-0.25, -0.2) is 4.98 Å². The van der Waals surface area contributed by atoms with E-state index in [1.807, 2.05) is 32.0 Å². The molecule has 1 aromatic heterocycles. The second-order valence-corrected chi connectivity index (χ2v) is 7.50. The van der Waals surface area contributed by atoms with Crippen molar-refractivity contribution in [1.29, 1.82) is 0 Å². The lowest BCUT2D eigenvalue weighted by Gasteiger charge is -2.11. The van der Waals surface area contributed by atoms with Gasteiger partial charge in [0.25, 0.3) is 5.91 Å². The number of nitrogens with zero attached hydrogens (tertiary/aromatic N) is 2. The Morgan fingerprint density at radius 2 is 1.86 bits per heavy atom. The minimum Gasteiger partial charge on any atom is -0.482 e. The summed E-state index contributed by atoms with van der Waals surface area (Å²) in [7, 11) is 0. The topological polar surface area (TPSA) is 79.9 Å². The van der Waals surface area contributed by atoms with E-state index >= 15 is 0 Å². The van der Waals surface area contributed by atoms with Crippen molar-refractivity contribution in [3.63, 3.8) is 0 Å². The number of ether oxygens (including phenoxy) is 1. The second kappa shape index (κ2) is 8.82. The van der Waals surface area contributed by atoms with E-state index in [-0.39, 0.29) is 34.2 Å². The summed E-state index contributed by atoms with van der Waals surface area (Å²) in [6, 6.07) is 10.2. The van der Waals surface area contributed by atoms with Gasteiger partial charge in [0.05, 0.1) is 20.8 Å². The Labute approximate surface area is 177 Å². The average Bonchev–Trinajstić information content (AvgIpc) is 3.14. The van der Waals surface area contributed by atoms with Crippen molar-refractivity contribution >= 4 is 46.4 Å². The molecule has 0 unspecified atom stereocenters. The maximum absolute atomic E-state index is 12.4. The zero-order valence-corrected chi connectivity index (χ0v) is 17.4. The first-order valence-electron chi connectivity index (χ1n) is 8.44. The molecule has 1 amide bonds. The molecule has 0 aliphatic heterocycles. The number of halogens is 3. The number of anilines is 1. The first-order chi connectivity index (χ1) is 13.3. The molecule has 6 nitrogen and oxygen atoms in total. The van der Waals surface area contributed by atoms with E-state index in [9.17, 15) is 4.79 Å². The van der Waals surface area contributed by atoms with E-state index in [2.05, 4.69) is 20.5 Å². The number of aromatic nitrogens is 3. The third-order valence-electron chi connectivity index (χ3n) is 3.83. The Morgan fingerprint density at radius 1 is 1.14 bits per heavy atom. The Bertz CT molecular complexity index is 1000. The average molecular weight is 440 g/mol. The van der Waals surface area contributed by atoms with Crippen LogP contribution in [-0.2, 0) is 4.79 Å². The fourth-order valence-electron chi connectivity index (χ4n) is 2.38. The minimum absolute atomic E-state index is 0.215. The Balaban J connectivity index is 1.72. The molecule has 3 aromatic rings. The zero-order valence-electron chi connectivity index (χ0n) is 15.1. The predicted octanol–water partition coefficient (Wildman–Crippen LogP) is 5.57. The fourth-order valence-corrected chi connectivity index (χ4v) is 2.98. The van der Waals surface area contributed by atoms with Gasteiger partial charge in [0.1, 0.15) is 11.6 Å². The lowest BCUT2D eigenvalue weighted by molar-refractivity contribution is -0.118. The monoisotopic (exact) mass is 438 g/mol. The number of carbonyl (C=O) groups is 1. The predicted molar refractivity (Wildman–Crippen MR) is 112 cm³/mol. The Hall–Kier alpha value is -2.28. The summed E-state index contributed by atoms with van der Waals surface area (Å²) in [5.74, 6) is 1.40. The lowest BCUT2D eigenvalue weighted by Crippen LogP contribution is -2.20. The molecule has 9 heteroatoms. The molecule has 0 saturated heterocycles. The van der Waals surface area contributed by atoms with Crippen LogP contribution in [0.2, 0.25) is 15.1 Å². The molecule has 0 saturated carbocycles. The number of rotatable bonds is 6. The smallest absolute Gasteiger partial charge is 0.262 e. The van der Waals surface area contributed by atoms with Crippen LogP contribution in [0.3, 0.4) is 0 Å². The Morgan fingerprint density at radius 3 is 2.57 bits per heavy atom. The number of amides is 1. The summed E-state index contributed by atoms with van der Waals surface area (Å²) in [4.78, 5) is 16.8. The molecular formula is C19H17Cl3N4O2. The molecule has 0 aliphatic rings. The van der Waals surface area contributed by atoms with Gasteiger partial charge in [-0.3, -0.25) is 9.89 Å². The van der Waals surface area contributed by atoms with E-state index in [1.165, 1.54) is 12.1 Å². The van der Waals surface area contributed by atoms with Crippen LogP contribution >= 0.6 is 34.8 Å². The van der Waals surface area contributed by atoms with Gasteiger partial charge < -0.3 is 10.1 Å². The molecule has 0 atom stereocenters. The highest BCUT2D eigenvalue weighted by Crippen LogP contribution is 2.34. The van der Waals surface area contributed by atoms with Crippen LogP contribution in [0, 0.1) is 0 Å². The summed E-state index contributed by atoms with van der Waals surface area (Å²) >= 11 is 17.9. The third kappa shape index (κ3) is 4.76. The van der Waals surface area contributed by atoms with Crippen LogP contribution in [0.5, 0.6) is 5.75 Å². The van der Waals surface area contributed by atoms with Crippen molar-refractivity contribution in [2.75, 3.05) is 11.9 Å². The first-order valence-corrected chi connectivity index (χ1v) is 9.57. The molecule has 1 heterocycles. The van der Waals surface area contributed by atoms with E-state index in [0.29, 0.717) is 22.1 Å². The van der Waals surface area contributed by atoms with Gasteiger partial charge in [-0.2, -0.15) is 5.10 Å². The van der Waals surface area contributed by atoms with Gasteiger partial charge in [0.15, 0.2) is 12.4 Å². The molecular weight excluding hydrogens is 423 g/mol. The Kier molecular flexibility index (Phi) is 6.44. The molecule has 0 spiro atoms. The molecule has 0 bridgehead atoms. The molecule has 146 valence electrons. The first kappa shape index (κ1) is 20.5. The van der Waals surface area contributed by atoms with Crippen LogP contribution in [0.1, 0.15) is 25.6 Å². The SMILES string of the molecule is CC(C)c1nc(-c2ccccc2NC(=O)COc2cc(Cl)c(Cl)cc2Cl)n[nH]1. The van der Waals surface area contributed by atoms with Crippen molar-refractivity contribution in [3.8, 4) is 17.1 Å². The highest BCUT2D eigenvalue weighted by Gasteiger charge is 2.15.